The predicted octanol–water partition coefficient (Wildman–Crippen LogP) is 2.19. The SMILES string of the molecule is CNC(=O)CCc1ccc(NC(=O)C2CCCCC2C(=O)O)cc1. The Morgan fingerprint density at radius 2 is 1.71 bits per heavy atom. The zero-order chi connectivity index (χ0) is 17.5. The van der Waals surface area contributed by atoms with Crippen molar-refractivity contribution in [2.75, 3.05) is 12.4 Å². The Balaban J connectivity index is 1.93. The summed E-state index contributed by atoms with van der Waals surface area (Å²) in [6.07, 6.45) is 3.99. The summed E-state index contributed by atoms with van der Waals surface area (Å²) in [5, 5.41) is 14.7. The Labute approximate surface area is 141 Å². The molecule has 0 aliphatic heterocycles. The molecule has 2 atom stereocenters. The molecule has 6 heteroatoms. The largest absolute Gasteiger partial charge is 0.481 e. The molecular formula is C18H24N2O4. The van der Waals surface area contributed by atoms with Crippen LogP contribution in [0.25, 0.3) is 0 Å². The third-order valence-electron chi connectivity index (χ3n) is 4.56. The van der Waals surface area contributed by atoms with Gasteiger partial charge in [-0.25, -0.2) is 0 Å². The van der Waals surface area contributed by atoms with Crippen molar-refractivity contribution in [1.82, 2.24) is 5.32 Å². The molecule has 1 aromatic carbocycles. The standard InChI is InChI=1S/C18H24N2O4/c1-19-16(21)11-8-12-6-9-13(10-7-12)20-17(22)14-4-2-3-5-15(14)18(23)24/h6-7,9-10,14-15H,2-5,8,11H2,1H3,(H,19,21)(H,20,22)(H,23,24). The molecule has 24 heavy (non-hydrogen) atoms. The maximum absolute atomic E-state index is 12.4. The lowest BCUT2D eigenvalue weighted by Gasteiger charge is -2.27. The van der Waals surface area contributed by atoms with Crippen LogP contribution in [0.3, 0.4) is 0 Å². The number of hydrogen-bond acceptors (Lipinski definition) is 3. The Morgan fingerprint density at radius 3 is 2.29 bits per heavy atom. The number of aliphatic carboxylic acids is 1. The number of nitrogens with one attached hydrogen (secondary N) is 2. The Hall–Kier alpha value is -2.37. The van der Waals surface area contributed by atoms with Crippen LogP contribution >= 0.6 is 0 Å². The van der Waals surface area contributed by atoms with Crippen molar-refractivity contribution in [3.63, 3.8) is 0 Å². The van der Waals surface area contributed by atoms with Crippen LogP contribution in [-0.4, -0.2) is 29.9 Å². The van der Waals surface area contributed by atoms with Crippen LogP contribution in [0.5, 0.6) is 0 Å². The molecular weight excluding hydrogens is 308 g/mol. The zero-order valence-corrected chi connectivity index (χ0v) is 13.9. The Morgan fingerprint density at radius 1 is 1.08 bits per heavy atom. The molecule has 1 saturated carbocycles. The van der Waals surface area contributed by atoms with E-state index in [9.17, 15) is 19.5 Å². The molecule has 0 saturated heterocycles. The second-order valence-corrected chi connectivity index (χ2v) is 6.20. The molecule has 2 amide bonds. The summed E-state index contributed by atoms with van der Waals surface area (Å²) >= 11 is 0. The molecule has 1 aliphatic carbocycles. The smallest absolute Gasteiger partial charge is 0.307 e. The molecule has 6 nitrogen and oxygen atoms in total. The van der Waals surface area contributed by atoms with E-state index in [0.717, 1.165) is 18.4 Å². The van der Waals surface area contributed by atoms with E-state index in [-0.39, 0.29) is 11.8 Å². The molecule has 1 fully saturated rings. The number of carbonyl (C=O) groups is 3. The summed E-state index contributed by atoms with van der Waals surface area (Å²) in [7, 11) is 1.61. The van der Waals surface area contributed by atoms with Crippen LogP contribution in [0.2, 0.25) is 0 Å². The zero-order valence-electron chi connectivity index (χ0n) is 13.9. The molecule has 1 aliphatic rings. The summed E-state index contributed by atoms with van der Waals surface area (Å²) in [5.74, 6) is -2.18. The number of anilines is 1. The van der Waals surface area contributed by atoms with E-state index in [4.69, 9.17) is 0 Å². The lowest BCUT2D eigenvalue weighted by atomic mass is 9.78. The third-order valence-corrected chi connectivity index (χ3v) is 4.56. The first-order valence-electron chi connectivity index (χ1n) is 8.34. The van der Waals surface area contributed by atoms with Crippen molar-refractivity contribution in [2.45, 2.75) is 38.5 Å². The number of benzene rings is 1. The quantitative estimate of drug-likeness (QED) is 0.744. The minimum atomic E-state index is -0.889. The molecule has 2 rings (SSSR count). The molecule has 2 unspecified atom stereocenters. The highest BCUT2D eigenvalue weighted by molar-refractivity contribution is 5.95. The summed E-state index contributed by atoms with van der Waals surface area (Å²) in [5.41, 5.74) is 1.66. The highest BCUT2D eigenvalue weighted by Gasteiger charge is 2.35. The van der Waals surface area contributed by atoms with E-state index in [2.05, 4.69) is 10.6 Å². The van der Waals surface area contributed by atoms with Gasteiger partial charge in [-0.15, -0.1) is 0 Å². The third kappa shape index (κ3) is 4.81. The molecule has 0 aromatic heterocycles. The van der Waals surface area contributed by atoms with Crippen LogP contribution in [0.15, 0.2) is 24.3 Å². The average Bonchev–Trinajstić information content (AvgIpc) is 2.60. The van der Waals surface area contributed by atoms with Crippen molar-refractivity contribution < 1.29 is 19.5 Å². The number of carboxylic acid groups (broad SMARTS) is 1. The van der Waals surface area contributed by atoms with Gasteiger partial charge in [0.15, 0.2) is 0 Å². The monoisotopic (exact) mass is 332 g/mol. The normalized spacial score (nSPS) is 20.2. The first-order valence-corrected chi connectivity index (χ1v) is 8.34. The topological polar surface area (TPSA) is 95.5 Å². The summed E-state index contributed by atoms with van der Waals surface area (Å²) in [6, 6.07) is 7.31. The molecule has 1 aromatic rings. The van der Waals surface area contributed by atoms with E-state index >= 15 is 0 Å². The van der Waals surface area contributed by atoms with E-state index in [1.807, 2.05) is 12.1 Å². The lowest BCUT2D eigenvalue weighted by Crippen LogP contribution is -2.36. The minimum Gasteiger partial charge on any atom is -0.481 e. The molecule has 3 N–H and O–H groups in total. The van der Waals surface area contributed by atoms with Gasteiger partial charge in [0.2, 0.25) is 11.8 Å². The van der Waals surface area contributed by atoms with Gasteiger partial charge in [0, 0.05) is 19.2 Å². The van der Waals surface area contributed by atoms with Gasteiger partial charge in [-0.1, -0.05) is 25.0 Å². The van der Waals surface area contributed by atoms with Crippen LogP contribution in [0.1, 0.15) is 37.7 Å². The molecule has 130 valence electrons. The van der Waals surface area contributed by atoms with E-state index in [1.165, 1.54) is 0 Å². The Bertz CT molecular complexity index is 598. The van der Waals surface area contributed by atoms with Gasteiger partial charge in [0.05, 0.1) is 11.8 Å². The minimum absolute atomic E-state index is 0.00982. The second kappa shape index (κ2) is 8.47. The van der Waals surface area contributed by atoms with E-state index in [1.54, 1.807) is 19.2 Å². The van der Waals surface area contributed by atoms with Gasteiger partial charge < -0.3 is 15.7 Å². The summed E-state index contributed by atoms with van der Waals surface area (Å²) in [4.78, 5) is 34.9. The molecule has 0 radical (unpaired) electrons. The van der Waals surface area contributed by atoms with E-state index in [0.29, 0.717) is 31.4 Å². The van der Waals surface area contributed by atoms with Crippen LogP contribution in [0, 0.1) is 11.8 Å². The van der Waals surface area contributed by atoms with Gasteiger partial charge in [0.1, 0.15) is 0 Å². The maximum atomic E-state index is 12.4. The first kappa shape index (κ1) is 18.0. The fraction of sp³-hybridized carbons (Fsp3) is 0.500. The highest BCUT2D eigenvalue weighted by atomic mass is 16.4. The number of carboxylic acids is 1. The van der Waals surface area contributed by atoms with E-state index < -0.39 is 17.8 Å². The fourth-order valence-corrected chi connectivity index (χ4v) is 3.11. The van der Waals surface area contributed by atoms with Gasteiger partial charge >= 0.3 is 5.97 Å². The number of aryl methyl sites for hydroxylation is 1. The first-order chi connectivity index (χ1) is 11.5. The molecule has 0 spiro atoms. The van der Waals surface area contributed by atoms with Crippen molar-refractivity contribution in [3.8, 4) is 0 Å². The van der Waals surface area contributed by atoms with Crippen LogP contribution in [0.4, 0.5) is 5.69 Å². The highest BCUT2D eigenvalue weighted by Crippen LogP contribution is 2.31. The van der Waals surface area contributed by atoms with Crippen LogP contribution in [-0.2, 0) is 20.8 Å². The van der Waals surface area contributed by atoms with Gasteiger partial charge in [-0.05, 0) is 37.0 Å². The van der Waals surface area contributed by atoms with Crippen molar-refractivity contribution in [1.29, 1.82) is 0 Å². The fourth-order valence-electron chi connectivity index (χ4n) is 3.11. The number of rotatable bonds is 6. The van der Waals surface area contributed by atoms with Crippen molar-refractivity contribution in [3.05, 3.63) is 29.8 Å². The van der Waals surface area contributed by atoms with Crippen molar-refractivity contribution in [2.24, 2.45) is 11.8 Å². The molecule has 0 bridgehead atoms. The second-order valence-electron chi connectivity index (χ2n) is 6.20. The number of carbonyl (C=O) groups excluding carboxylic acids is 2. The summed E-state index contributed by atoms with van der Waals surface area (Å²) in [6.45, 7) is 0. The Kier molecular flexibility index (Phi) is 6.35. The van der Waals surface area contributed by atoms with Crippen molar-refractivity contribution >= 4 is 23.5 Å². The average molecular weight is 332 g/mol. The predicted molar refractivity (Wildman–Crippen MR) is 90.5 cm³/mol. The number of hydrogen-bond donors (Lipinski definition) is 3. The lowest BCUT2D eigenvalue weighted by molar-refractivity contribution is -0.147. The molecule has 0 heterocycles. The van der Waals surface area contributed by atoms with Crippen LogP contribution < -0.4 is 10.6 Å². The van der Waals surface area contributed by atoms with Gasteiger partial charge in [0.25, 0.3) is 0 Å². The van der Waals surface area contributed by atoms with Gasteiger partial charge in [-0.3, -0.25) is 14.4 Å². The number of amides is 2. The summed E-state index contributed by atoms with van der Waals surface area (Å²) < 4.78 is 0. The maximum Gasteiger partial charge on any atom is 0.307 e. The van der Waals surface area contributed by atoms with Gasteiger partial charge in [-0.2, -0.15) is 0 Å².